The van der Waals surface area contributed by atoms with Crippen molar-refractivity contribution in [2.75, 3.05) is 6.54 Å². The van der Waals surface area contributed by atoms with E-state index in [2.05, 4.69) is 5.10 Å². The number of rotatable bonds is 11. The Bertz CT molecular complexity index is 637. The molecule has 0 unspecified atom stereocenters. The predicted octanol–water partition coefficient (Wildman–Crippen LogP) is 3.99. The molecule has 0 bridgehead atoms. The maximum Gasteiger partial charge on any atom is 0.266 e. The standard InChI is InChI=1S/C20H29N3O/c21-16-10-5-3-1-2-4-6-11-17-23-20(24)15-14-19(22-23)18-12-8-7-9-13-18/h7-9,12-15H,1-6,10-11,16-17,21H2. The molecule has 2 N–H and O–H groups in total. The fourth-order valence-corrected chi connectivity index (χ4v) is 2.84. The van der Waals surface area contributed by atoms with Crippen LogP contribution in [-0.2, 0) is 6.54 Å². The summed E-state index contributed by atoms with van der Waals surface area (Å²) in [6.45, 7) is 1.51. The summed E-state index contributed by atoms with van der Waals surface area (Å²) in [6, 6.07) is 13.4. The van der Waals surface area contributed by atoms with Crippen molar-refractivity contribution in [1.82, 2.24) is 9.78 Å². The van der Waals surface area contributed by atoms with Crippen LogP contribution in [0, 0.1) is 0 Å². The Hall–Kier alpha value is -1.94. The van der Waals surface area contributed by atoms with Crippen molar-refractivity contribution in [3.8, 4) is 11.3 Å². The topological polar surface area (TPSA) is 60.9 Å². The molecule has 0 aliphatic heterocycles. The molecule has 4 nitrogen and oxygen atoms in total. The quantitative estimate of drug-likeness (QED) is 0.635. The monoisotopic (exact) mass is 327 g/mol. The van der Waals surface area contributed by atoms with Gasteiger partial charge in [0.05, 0.1) is 5.69 Å². The largest absolute Gasteiger partial charge is 0.330 e. The van der Waals surface area contributed by atoms with Crippen molar-refractivity contribution < 1.29 is 0 Å². The van der Waals surface area contributed by atoms with Crippen LogP contribution >= 0.6 is 0 Å². The van der Waals surface area contributed by atoms with Gasteiger partial charge >= 0.3 is 0 Å². The minimum absolute atomic E-state index is 0.0172. The molecule has 2 rings (SSSR count). The molecule has 0 aliphatic rings. The molecular weight excluding hydrogens is 298 g/mol. The first-order valence-electron chi connectivity index (χ1n) is 9.15. The van der Waals surface area contributed by atoms with E-state index < -0.39 is 0 Å². The molecule has 0 saturated heterocycles. The van der Waals surface area contributed by atoms with Crippen molar-refractivity contribution >= 4 is 0 Å². The zero-order chi connectivity index (χ0) is 17.0. The summed E-state index contributed by atoms with van der Waals surface area (Å²) < 4.78 is 1.60. The van der Waals surface area contributed by atoms with Gasteiger partial charge in [-0.15, -0.1) is 0 Å². The number of hydrogen-bond acceptors (Lipinski definition) is 3. The molecule has 0 amide bonds. The summed E-state index contributed by atoms with van der Waals surface area (Å²) in [4.78, 5) is 12.0. The molecule has 1 heterocycles. The molecule has 0 saturated carbocycles. The zero-order valence-corrected chi connectivity index (χ0v) is 14.5. The van der Waals surface area contributed by atoms with E-state index in [1.807, 2.05) is 30.3 Å². The van der Waals surface area contributed by atoms with E-state index in [-0.39, 0.29) is 5.56 Å². The summed E-state index contributed by atoms with van der Waals surface area (Å²) >= 11 is 0. The number of aryl methyl sites for hydroxylation is 1. The second-order valence-corrected chi connectivity index (χ2v) is 6.26. The summed E-state index contributed by atoms with van der Waals surface area (Å²) in [6.07, 6.45) is 9.65. The SMILES string of the molecule is NCCCCCCCCCCn1nc(-c2ccccc2)ccc1=O. The number of benzene rings is 1. The highest BCUT2D eigenvalue weighted by Gasteiger charge is 2.03. The highest BCUT2D eigenvalue weighted by Crippen LogP contribution is 2.14. The van der Waals surface area contributed by atoms with Crippen molar-refractivity contribution in [2.45, 2.75) is 57.9 Å². The summed E-state index contributed by atoms with van der Waals surface area (Å²) in [7, 11) is 0. The molecule has 1 aromatic heterocycles. The van der Waals surface area contributed by atoms with Crippen LogP contribution in [0.2, 0.25) is 0 Å². The van der Waals surface area contributed by atoms with Crippen molar-refractivity contribution in [3.63, 3.8) is 0 Å². The fraction of sp³-hybridized carbons (Fsp3) is 0.500. The molecule has 24 heavy (non-hydrogen) atoms. The Morgan fingerprint density at radius 3 is 2.08 bits per heavy atom. The van der Waals surface area contributed by atoms with Gasteiger partial charge in [-0.25, -0.2) is 4.68 Å². The number of aromatic nitrogens is 2. The van der Waals surface area contributed by atoms with Crippen LogP contribution in [0.1, 0.15) is 51.4 Å². The van der Waals surface area contributed by atoms with Crippen LogP contribution in [0.15, 0.2) is 47.3 Å². The summed E-state index contributed by atoms with van der Waals surface area (Å²) in [5, 5.41) is 4.50. The van der Waals surface area contributed by atoms with E-state index in [1.165, 1.54) is 32.1 Å². The highest BCUT2D eigenvalue weighted by atomic mass is 16.1. The third kappa shape index (κ3) is 6.28. The minimum atomic E-state index is -0.0172. The Balaban J connectivity index is 1.74. The smallest absolute Gasteiger partial charge is 0.266 e. The van der Waals surface area contributed by atoms with Crippen LogP contribution < -0.4 is 11.3 Å². The molecule has 4 heteroatoms. The predicted molar refractivity (Wildman–Crippen MR) is 99.9 cm³/mol. The molecular formula is C20H29N3O. The lowest BCUT2D eigenvalue weighted by Crippen LogP contribution is -2.22. The fourth-order valence-electron chi connectivity index (χ4n) is 2.84. The van der Waals surface area contributed by atoms with Gasteiger partial charge in [-0.2, -0.15) is 5.10 Å². The third-order valence-corrected chi connectivity index (χ3v) is 4.26. The first kappa shape index (κ1) is 18.4. The van der Waals surface area contributed by atoms with E-state index >= 15 is 0 Å². The molecule has 0 fully saturated rings. The van der Waals surface area contributed by atoms with E-state index in [4.69, 9.17) is 5.73 Å². The van der Waals surface area contributed by atoms with Crippen molar-refractivity contribution in [1.29, 1.82) is 0 Å². The normalized spacial score (nSPS) is 10.9. The van der Waals surface area contributed by atoms with Crippen LogP contribution in [0.5, 0.6) is 0 Å². The van der Waals surface area contributed by atoms with Gasteiger partial charge in [0.25, 0.3) is 5.56 Å². The molecule has 0 spiro atoms. The summed E-state index contributed by atoms with van der Waals surface area (Å²) in [5.41, 5.74) is 7.37. The highest BCUT2D eigenvalue weighted by molar-refractivity contribution is 5.57. The lowest BCUT2D eigenvalue weighted by atomic mass is 10.1. The van der Waals surface area contributed by atoms with Gasteiger partial charge in [0.2, 0.25) is 0 Å². The van der Waals surface area contributed by atoms with E-state index in [0.717, 1.165) is 37.1 Å². The number of unbranched alkanes of at least 4 members (excludes halogenated alkanes) is 7. The number of nitrogens with two attached hydrogens (primary N) is 1. The Morgan fingerprint density at radius 2 is 1.42 bits per heavy atom. The van der Waals surface area contributed by atoms with E-state index in [0.29, 0.717) is 6.54 Å². The van der Waals surface area contributed by atoms with Crippen LogP contribution in [0.25, 0.3) is 11.3 Å². The lowest BCUT2D eigenvalue weighted by molar-refractivity contribution is 0.505. The molecule has 0 atom stereocenters. The first-order chi connectivity index (χ1) is 11.8. The van der Waals surface area contributed by atoms with Crippen LogP contribution in [0.3, 0.4) is 0 Å². The van der Waals surface area contributed by atoms with Gasteiger partial charge in [-0.1, -0.05) is 68.9 Å². The van der Waals surface area contributed by atoms with Crippen LogP contribution in [-0.4, -0.2) is 16.3 Å². The molecule has 130 valence electrons. The second-order valence-electron chi connectivity index (χ2n) is 6.26. The summed E-state index contributed by atoms with van der Waals surface area (Å²) in [5.74, 6) is 0. The van der Waals surface area contributed by atoms with E-state index in [9.17, 15) is 4.79 Å². The van der Waals surface area contributed by atoms with Gasteiger partial charge in [0, 0.05) is 18.2 Å². The average Bonchev–Trinajstić information content (AvgIpc) is 2.62. The van der Waals surface area contributed by atoms with Gasteiger partial charge in [-0.05, 0) is 25.5 Å². The average molecular weight is 327 g/mol. The van der Waals surface area contributed by atoms with Gasteiger partial charge < -0.3 is 5.73 Å². The number of nitrogens with zero attached hydrogens (tertiary/aromatic N) is 2. The second kappa shape index (κ2) is 10.8. The molecule has 1 aromatic carbocycles. The van der Waals surface area contributed by atoms with Crippen LogP contribution in [0.4, 0.5) is 0 Å². The first-order valence-corrected chi connectivity index (χ1v) is 9.15. The maximum absolute atomic E-state index is 12.0. The van der Waals surface area contributed by atoms with Gasteiger partial charge in [0.1, 0.15) is 0 Å². The lowest BCUT2D eigenvalue weighted by Gasteiger charge is -2.07. The third-order valence-electron chi connectivity index (χ3n) is 4.26. The zero-order valence-electron chi connectivity index (χ0n) is 14.5. The molecule has 2 aromatic rings. The Morgan fingerprint density at radius 1 is 0.792 bits per heavy atom. The minimum Gasteiger partial charge on any atom is -0.330 e. The molecule has 0 radical (unpaired) electrons. The Kier molecular flexibility index (Phi) is 8.25. The van der Waals surface area contributed by atoms with Gasteiger partial charge in [0.15, 0.2) is 0 Å². The Labute approximate surface area is 144 Å². The van der Waals surface area contributed by atoms with Gasteiger partial charge in [-0.3, -0.25) is 4.79 Å². The maximum atomic E-state index is 12.0. The molecule has 0 aliphatic carbocycles. The van der Waals surface area contributed by atoms with Crippen molar-refractivity contribution in [2.24, 2.45) is 5.73 Å². The van der Waals surface area contributed by atoms with E-state index in [1.54, 1.807) is 16.8 Å². The van der Waals surface area contributed by atoms with Crippen molar-refractivity contribution in [3.05, 3.63) is 52.8 Å². The number of hydrogen-bond donors (Lipinski definition) is 1.